The maximum atomic E-state index is 13.6. The number of nitro benzene ring substituents is 1. The van der Waals surface area contributed by atoms with E-state index in [0.29, 0.717) is 16.8 Å². The molecule has 4 rings (SSSR count). The van der Waals surface area contributed by atoms with Crippen LogP contribution in [0.1, 0.15) is 5.56 Å². The van der Waals surface area contributed by atoms with E-state index in [9.17, 15) is 28.9 Å². The maximum Gasteiger partial charge on any atom is 0.271 e. The number of hydrogen-bond donors (Lipinski definition) is 2. The van der Waals surface area contributed by atoms with E-state index in [1.54, 1.807) is 24.3 Å². The maximum absolute atomic E-state index is 13.6. The number of amides is 1. The Morgan fingerprint density at radius 1 is 1.09 bits per heavy atom. The number of non-ortho nitro benzene ring substituents is 1. The van der Waals surface area contributed by atoms with Gasteiger partial charge in [-0.1, -0.05) is 0 Å². The minimum absolute atomic E-state index is 0.0685. The summed E-state index contributed by atoms with van der Waals surface area (Å²) in [6.07, 6.45) is 2.34. The summed E-state index contributed by atoms with van der Waals surface area (Å²) < 4.78 is 27.3. The van der Waals surface area contributed by atoms with Gasteiger partial charge in [-0.05, 0) is 48.5 Å². The predicted molar refractivity (Wildman–Crippen MR) is 113 cm³/mol. The van der Waals surface area contributed by atoms with Crippen LogP contribution < -0.4 is 5.32 Å². The molecule has 0 radical (unpaired) electrons. The van der Waals surface area contributed by atoms with Crippen LogP contribution in [0.3, 0.4) is 0 Å². The van der Waals surface area contributed by atoms with E-state index in [1.807, 2.05) is 0 Å². The fourth-order valence-corrected chi connectivity index (χ4v) is 3.04. The van der Waals surface area contributed by atoms with Crippen LogP contribution in [0, 0.1) is 21.7 Å². The lowest BCUT2D eigenvalue weighted by Crippen LogP contribution is -2.07. The third-order valence-corrected chi connectivity index (χ3v) is 4.61. The van der Waals surface area contributed by atoms with Crippen LogP contribution in [0.25, 0.3) is 28.5 Å². The second-order valence-corrected chi connectivity index (χ2v) is 6.74. The highest BCUT2D eigenvalue weighted by atomic mass is 19.1. The molecule has 0 atom stereocenters. The SMILES string of the molecule is O=C(/C=C/c1ccc(F)cc1F)Nc1ccc(-c2nc3ccc([N+](=O)[O-])cc3n2O)cc1. The van der Waals surface area contributed by atoms with E-state index in [1.165, 1.54) is 30.3 Å². The Morgan fingerprint density at radius 2 is 1.84 bits per heavy atom. The van der Waals surface area contributed by atoms with Crippen LogP contribution in [0.4, 0.5) is 20.2 Å². The van der Waals surface area contributed by atoms with Gasteiger partial charge in [0.05, 0.1) is 10.4 Å². The first-order valence-electron chi connectivity index (χ1n) is 9.22. The Morgan fingerprint density at radius 3 is 2.53 bits per heavy atom. The smallest absolute Gasteiger partial charge is 0.271 e. The third kappa shape index (κ3) is 4.15. The number of halogens is 2. The summed E-state index contributed by atoms with van der Waals surface area (Å²) in [4.78, 5) is 26.7. The number of imidazole rings is 1. The Bertz CT molecular complexity index is 1380. The quantitative estimate of drug-likeness (QED) is 0.203. The molecule has 160 valence electrons. The summed E-state index contributed by atoms with van der Waals surface area (Å²) in [5, 5.41) is 23.9. The summed E-state index contributed by atoms with van der Waals surface area (Å²) in [7, 11) is 0. The summed E-state index contributed by atoms with van der Waals surface area (Å²) in [6, 6.07) is 13.3. The van der Waals surface area contributed by atoms with Crippen molar-refractivity contribution in [1.82, 2.24) is 9.71 Å². The summed E-state index contributed by atoms with van der Waals surface area (Å²) in [6.45, 7) is 0. The van der Waals surface area contributed by atoms with Crippen molar-refractivity contribution in [2.24, 2.45) is 0 Å². The first-order valence-corrected chi connectivity index (χ1v) is 9.22. The fourth-order valence-electron chi connectivity index (χ4n) is 3.04. The van der Waals surface area contributed by atoms with E-state index >= 15 is 0 Å². The van der Waals surface area contributed by atoms with Crippen molar-refractivity contribution in [2.45, 2.75) is 0 Å². The van der Waals surface area contributed by atoms with Gasteiger partial charge < -0.3 is 10.5 Å². The van der Waals surface area contributed by atoms with Crippen LogP contribution in [0.2, 0.25) is 0 Å². The number of benzene rings is 3. The summed E-state index contributed by atoms with van der Waals surface area (Å²) in [5.74, 6) is -1.84. The third-order valence-electron chi connectivity index (χ3n) is 4.61. The molecular weight excluding hydrogens is 422 g/mol. The van der Waals surface area contributed by atoms with Gasteiger partial charge in [-0.15, -0.1) is 0 Å². The molecule has 0 fully saturated rings. The van der Waals surface area contributed by atoms with E-state index in [4.69, 9.17) is 0 Å². The van der Waals surface area contributed by atoms with Gasteiger partial charge in [-0.2, -0.15) is 4.73 Å². The number of carbonyl (C=O) groups is 1. The fraction of sp³-hybridized carbons (Fsp3) is 0. The first kappa shape index (κ1) is 20.7. The average molecular weight is 436 g/mol. The van der Waals surface area contributed by atoms with Crippen molar-refractivity contribution < 1.29 is 23.7 Å². The highest BCUT2D eigenvalue weighted by Gasteiger charge is 2.16. The monoisotopic (exact) mass is 436 g/mol. The second kappa shape index (κ2) is 8.26. The average Bonchev–Trinajstić information content (AvgIpc) is 3.09. The Kier molecular flexibility index (Phi) is 5.34. The van der Waals surface area contributed by atoms with Gasteiger partial charge in [0, 0.05) is 41.1 Å². The Hall–Kier alpha value is -4.60. The minimum Gasteiger partial charge on any atom is -0.426 e. The highest BCUT2D eigenvalue weighted by molar-refractivity contribution is 6.02. The Balaban J connectivity index is 1.50. The van der Waals surface area contributed by atoms with Crippen LogP contribution in [-0.4, -0.2) is 25.8 Å². The molecule has 0 aliphatic carbocycles. The first-order chi connectivity index (χ1) is 15.3. The number of carbonyl (C=O) groups excluding carboxylic acids is 1. The number of anilines is 1. The molecule has 8 nitrogen and oxygen atoms in total. The highest BCUT2D eigenvalue weighted by Crippen LogP contribution is 2.27. The lowest BCUT2D eigenvalue weighted by molar-refractivity contribution is -0.384. The van der Waals surface area contributed by atoms with Crippen molar-refractivity contribution in [3.63, 3.8) is 0 Å². The number of rotatable bonds is 5. The molecule has 0 aliphatic heterocycles. The molecular formula is C22H14F2N4O4. The molecule has 0 bridgehead atoms. The molecule has 1 heterocycles. The number of aromatic nitrogens is 2. The standard InChI is InChI=1S/C22H14F2N4O4/c23-15-5-1-13(18(24)11-15)4-10-21(29)25-16-6-2-14(3-7-16)22-26-19-9-8-17(28(31)32)12-20(19)27(22)30/h1-12,30H,(H,25,29)/b10-4+. The zero-order chi connectivity index (χ0) is 22.8. The normalized spacial score (nSPS) is 11.2. The molecule has 1 amide bonds. The van der Waals surface area contributed by atoms with Crippen molar-refractivity contribution >= 4 is 34.4 Å². The molecule has 3 aromatic carbocycles. The molecule has 4 aromatic rings. The van der Waals surface area contributed by atoms with Gasteiger partial charge in [-0.25, -0.2) is 13.8 Å². The van der Waals surface area contributed by atoms with Crippen molar-refractivity contribution in [1.29, 1.82) is 0 Å². The lowest BCUT2D eigenvalue weighted by Gasteiger charge is -2.05. The summed E-state index contributed by atoms with van der Waals surface area (Å²) >= 11 is 0. The number of nitro groups is 1. The van der Waals surface area contributed by atoms with Gasteiger partial charge >= 0.3 is 0 Å². The van der Waals surface area contributed by atoms with E-state index in [2.05, 4.69) is 10.3 Å². The van der Waals surface area contributed by atoms with Crippen molar-refractivity contribution in [3.05, 3.63) is 94.1 Å². The van der Waals surface area contributed by atoms with Crippen LogP contribution in [0.5, 0.6) is 0 Å². The molecule has 0 saturated carbocycles. The van der Waals surface area contributed by atoms with E-state index in [-0.39, 0.29) is 22.6 Å². The van der Waals surface area contributed by atoms with Gasteiger partial charge in [0.1, 0.15) is 17.2 Å². The minimum atomic E-state index is -0.782. The number of nitrogens with zero attached hydrogens (tertiary/aromatic N) is 3. The summed E-state index contributed by atoms with van der Waals surface area (Å²) in [5.41, 5.74) is 1.39. The number of nitrogens with one attached hydrogen (secondary N) is 1. The van der Waals surface area contributed by atoms with Crippen LogP contribution in [-0.2, 0) is 4.79 Å². The zero-order valence-electron chi connectivity index (χ0n) is 16.2. The predicted octanol–water partition coefficient (Wildman–Crippen LogP) is 4.78. The van der Waals surface area contributed by atoms with Crippen LogP contribution >= 0.6 is 0 Å². The Labute approximate surface area is 179 Å². The van der Waals surface area contributed by atoms with E-state index < -0.39 is 22.5 Å². The molecule has 10 heteroatoms. The van der Waals surface area contributed by atoms with Gasteiger partial charge in [-0.3, -0.25) is 14.9 Å². The van der Waals surface area contributed by atoms with Crippen molar-refractivity contribution in [2.75, 3.05) is 5.32 Å². The topological polar surface area (TPSA) is 110 Å². The van der Waals surface area contributed by atoms with Gasteiger partial charge in [0.25, 0.3) is 5.69 Å². The molecule has 0 saturated heterocycles. The molecule has 0 aliphatic rings. The number of hydrogen-bond acceptors (Lipinski definition) is 5. The molecule has 0 unspecified atom stereocenters. The van der Waals surface area contributed by atoms with Gasteiger partial charge in [0.2, 0.25) is 5.91 Å². The molecule has 0 spiro atoms. The largest absolute Gasteiger partial charge is 0.426 e. The molecule has 1 aromatic heterocycles. The lowest BCUT2D eigenvalue weighted by atomic mass is 10.2. The van der Waals surface area contributed by atoms with E-state index in [0.717, 1.165) is 22.9 Å². The second-order valence-electron chi connectivity index (χ2n) is 6.74. The molecule has 2 N–H and O–H groups in total. The molecule has 32 heavy (non-hydrogen) atoms. The zero-order valence-corrected chi connectivity index (χ0v) is 16.2. The van der Waals surface area contributed by atoms with Crippen molar-refractivity contribution in [3.8, 4) is 11.4 Å². The number of fused-ring (bicyclic) bond motifs is 1. The van der Waals surface area contributed by atoms with Gasteiger partial charge in [0.15, 0.2) is 5.82 Å². The van der Waals surface area contributed by atoms with Crippen LogP contribution in [0.15, 0.2) is 66.7 Å².